The molecule has 1 N–H and O–H groups in total. The number of unbranched alkanes of at least 4 members (excludes halogenated alkanes) is 2. The van der Waals surface area contributed by atoms with Gasteiger partial charge >= 0.3 is 0 Å². The molecule has 0 saturated carbocycles. The zero-order valence-corrected chi connectivity index (χ0v) is 18.6. The lowest BCUT2D eigenvalue weighted by Crippen LogP contribution is -2.42. The summed E-state index contributed by atoms with van der Waals surface area (Å²) in [5, 5.41) is 11.0. The van der Waals surface area contributed by atoms with Crippen molar-refractivity contribution in [3.8, 4) is 0 Å². The fraction of sp³-hybridized carbons (Fsp3) is 0.417. The molecule has 30 heavy (non-hydrogen) atoms. The average molecular weight is 471 g/mol. The van der Waals surface area contributed by atoms with Gasteiger partial charge in [0.25, 0.3) is 11.8 Å². The van der Waals surface area contributed by atoms with Gasteiger partial charge in [0.1, 0.15) is 0 Å². The maximum atomic E-state index is 12.4. The third kappa shape index (κ3) is 4.36. The molecule has 0 aromatic heterocycles. The fourth-order valence-electron chi connectivity index (χ4n) is 4.42. The lowest BCUT2D eigenvalue weighted by atomic mass is 9.84. The minimum atomic E-state index is -0.733. The Hall–Kier alpha value is -2.02. The van der Waals surface area contributed by atoms with Gasteiger partial charge in [-0.1, -0.05) is 46.6 Å². The van der Waals surface area contributed by atoms with Crippen LogP contribution >= 0.6 is 15.9 Å². The number of hydrogen-bond donors (Lipinski definition) is 1. The van der Waals surface area contributed by atoms with E-state index in [1.165, 1.54) is 4.90 Å². The largest absolute Gasteiger partial charge is 0.385 e. The Morgan fingerprint density at radius 1 is 0.833 bits per heavy atom. The van der Waals surface area contributed by atoms with E-state index in [4.69, 9.17) is 0 Å². The van der Waals surface area contributed by atoms with Gasteiger partial charge in [-0.05, 0) is 62.1 Å². The van der Waals surface area contributed by atoms with Gasteiger partial charge in [-0.25, -0.2) is 0 Å². The van der Waals surface area contributed by atoms with Crippen LogP contribution in [0.1, 0.15) is 58.4 Å². The quantitative estimate of drug-likeness (QED) is 0.486. The van der Waals surface area contributed by atoms with Crippen LogP contribution < -0.4 is 0 Å². The Morgan fingerprint density at radius 3 is 2.00 bits per heavy atom. The van der Waals surface area contributed by atoms with Crippen molar-refractivity contribution in [2.45, 2.75) is 37.7 Å². The first-order valence-electron chi connectivity index (χ1n) is 10.6. The van der Waals surface area contributed by atoms with Crippen molar-refractivity contribution in [1.29, 1.82) is 0 Å². The smallest absolute Gasteiger partial charge is 0.261 e. The van der Waals surface area contributed by atoms with Crippen molar-refractivity contribution in [3.05, 3.63) is 69.7 Å². The molecule has 4 rings (SSSR count). The Labute approximate surface area is 185 Å². The van der Waals surface area contributed by atoms with Crippen LogP contribution in [0.25, 0.3) is 0 Å². The second-order valence-electron chi connectivity index (χ2n) is 8.25. The summed E-state index contributed by atoms with van der Waals surface area (Å²) < 4.78 is 1.02. The SMILES string of the molecule is O=C1c2ccccc2C(=O)N1CCCCCN1CCC(O)(c2ccc(Br)cc2)CC1. The molecule has 5 nitrogen and oxygen atoms in total. The number of imide groups is 1. The molecule has 0 aliphatic carbocycles. The van der Waals surface area contributed by atoms with E-state index in [0.717, 1.165) is 61.8 Å². The van der Waals surface area contributed by atoms with E-state index in [-0.39, 0.29) is 11.8 Å². The van der Waals surface area contributed by atoms with Crippen molar-refractivity contribution < 1.29 is 14.7 Å². The maximum Gasteiger partial charge on any atom is 0.261 e. The molecule has 6 heteroatoms. The Balaban J connectivity index is 1.17. The number of piperidine rings is 1. The average Bonchev–Trinajstić information content (AvgIpc) is 3.00. The summed E-state index contributed by atoms with van der Waals surface area (Å²) in [6.45, 7) is 3.23. The van der Waals surface area contributed by atoms with Crippen LogP contribution in [-0.2, 0) is 5.60 Å². The zero-order valence-electron chi connectivity index (χ0n) is 17.0. The van der Waals surface area contributed by atoms with Crippen molar-refractivity contribution in [2.75, 3.05) is 26.2 Å². The number of likely N-dealkylation sites (tertiary alicyclic amines) is 1. The molecule has 0 radical (unpaired) electrons. The predicted molar refractivity (Wildman–Crippen MR) is 119 cm³/mol. The van der Waals surface area contributed by atoms with Gasteiger partial charge in [-0.15, -0.1) is 0 Å². The third-order valence-corrected chi connectivity index (χ3v) is 6.83. The highest BCUT2D eigenvalue weighted by Crippen LogP contribution is 2.33. The monoisotopic (exact) mass is 470 g/mol. The Kier molecular flexibility index (Phi) is 6.37. The summed E-state index contributed by atoms with van der Waals surface area (Å²) in [6, 6.07) is 15.0. The molecule has 0 atom stereocenters. The van der Waals surface area contributed by atoms with Crippen molar-refractivity contribution in [2.24, 2.45) is 0 Å². The minimum absolute atomic E-state index is 0.168. The summed E-state index contributed by atoms with van der Waals surface area (Å²) in [5.41, 5.74) is 1.30. The Morgan fingerprint density at radius 2 is 1.40 bits per heavy atom. The van der Waals surface area contributed by atoms with Crippen LogP contribution in [0.15, 0.2) is 53.0 Å². The second-order valence-corrected chi connectivity index (χ2v) is 9.16. The molecule has 1 saturated heterocycles. The number of carbonyl (C=O) groups excluding carboxylic acids is 2. The molecular weight excluding hydrogens is 444 g/mol. The van der Waals surface area contributed by atoms with E-state index < -0.39 is 5.60 Å². The third-order valence-electron chi connectivity index (χ3n) is 6.30. The van der Waals surface area contributed by atoms with Crippen LogP contribution in [0.2, 0.25) is 0 Å². The maximum absolute atomic E-state index is 12.4. The lowest BCUT2D eigenvalue weighted by Gasteiger charge is -2.38. The van der Waals surface area contributed by atoms with Crippen molar-refractivity contribution in [3.63, 3.8) is 0 Å². The van der Waals surface area contributed by atoms with Crippen LogP contribution in [0, 0.1) is 0 Å². The van der Waals surface area contributed by atoms with E-state index >= 15 is 0 Å². The van der Waals surface area contributed by atoms with Gasteiger partial charge in [0.15, 0.2) is 0 Å². The molecule has 2 heterocycles. The van der Waals surface area contributed by atoms with Crippen LogP contribution in [0.4, 0.5) is 0 Å². The number of hydrogen-bond acceptors (Lipinski definition) is 4. The van der Waals surface area contributed by atoms with Crippen LogP contribution in [0.5, 0.6) is 0 Å². The zero-order chi connectivity index (χ0) is 21.1. The first-order valence-corrected chi connectivity index (χ1v) is 11.4. The van der Waals surface area contributed by atoms with E-state index in [1.54, 1.807) is 24.3 Å². The van der Waals surface area contributed by atoms with Crippen molar-refractivity contribution in [1.82, 2.24) is 9.80 Å². The van der Waals surface area contributed by atoms with E-state index in [9.17, 15) is 14.7 Å². The number of aliphatic hydroxyl groups is 1. The van der Waals surface area contributed by atoms with Gasteiger partial charge < -0.3 is 10.0 Å². The summed E-state index contributed by atoms with van der Waals surface area (Å²) >= 11 is 3.44. The first-order chi connectivity index (χ1) is 14.5. The predicted octanol–water partition coefficient (Wildman–Crippen LogP) is 4.20. The normalized spacial score (nSPS) is 18.7. The fourth-order valence-corrected chi connectivity index (χ4v) is 4.68. The molecule has 2 amide bonds. The highest BCUT2D eigenvalue weighted by Gasteiger charge is 2.35. The number of benzene rings is 2. The standard InChI is InChI=1S/C24H27BrN2O3/c25-19-10-8-18(9-11-19)24(30)12-16-26(17-13-24)14-4-1-5-15-27-22(28)20-6-2-3-7-21(20)23(27)29/h2-3,6-11,30H,1,4-5,12-17H2. The minimum Gasteiger partial charge on any atom is -0.385 e. The summed E-state index contributed by atoms with van der Waals surface area (Å²) in [6.07, 6.45) is 4.30. The number of nitrogens with zero attached hydrogens (tertiary/aromatic N) is 2. The topological polar surface area (TPSA) is 60.9 Å². The van der Waals surface area contributed by atoms with Crippen molar-refractivity contribution >= 4 is 27.7 Å². The highest BCUT2D eigenvalue weighted by atomic mass is 79.9. The number of amides is 2. The molecule has 0 unspecified atom stereocenters. The molecular formula is C24H27BrN2O3. The molecule has 2 aliphatic rings. The summed E-state index contributed by atoms with van der Waals surface area (Å²) in [4.78, 5) is 28.5. The molecule has 2 aliphatic heterocycles. The summed E-state index contributed by atoms with van der Waals surface area (Å²) in [7, 11) is 0. The molecule has 1 fully saturated rings. The number of halogens is 1. The number of carbonyl (C=O) groups is 2. The molecule has 2 aromatic rings. The molecule has 0 spiro atoms. The number of fused-ring (bicyclic) bond motifs is 1. The lowest BCUT2D eigenvalue weighted by molar-refractivity contribution is -0.0261. The van der Waals surface area contributed by atoms with Gasteiger partial charge in [0.05, 0.1) is 16.7 Å². The first kappa shape index (κ1) is 21.2. The van der Waals surface area contributed by atoms with Gasteiger partial charge in [-0.3, -0.25) is 14.5 Å². The Bertz CT molecular complexity index is 885. The second kappa shape index (κ2) is 9.00. The molecule has 2 aromatic carbocycles. The van der Waals surface area contributed by atoms with Gasteiger partial charge in [0, 0.05) is 24.1 Å². The highest BCUT2D eigenvalue weighted by molar-refractivity contribution is 9.10. The van der Waals surface area contributed by atoms with E-state index in [1.807, 2.05) is 24.3 Å². The summed E-state index contributed by atoms with van der Waals surface area (Å²) in [5.74, 6) is -0.335. The van der Waals surface area contributed by atoms with Crippen LogP contribution in [-0.4, -0.2) is 52.9 Å². The molecule has 158 valence electrons. The number of rotatable bonds is 7. The molecule has 0 bridgehead atoms. The van der Waals surface area contributed by atoms with Gasteiger partial charge in [-0.2, -0.15) is 0 Å². The van der Waals surface area contributed by atoms with Crippen LogP contribution in [0.3, 0.4) is 0 Å². The van der Waals surface area contributed by atoms with E-state index in [2.05, 4.69) is 20.8 Å². The van der Waals surface area contributed by atoms with E-state index in [0.29, 0.717) is 17.7 Å². The van der Waals surface area contributed by atoms with Gasteiger partial charge in [0.2, 0.25) is 0 Å².